The van der Waals surface area contributed by atoms with Crippen LogP contribution in [0.3, 0.4) is 0 Å². The molecule has 0 saturated heterocycles. The van der Waals surface area contributed by atoms with Crippen molar-refractivity contribution in [3.63, 3.8) is 0 Å². The Morgan fingerprint density at radius 3 is 2.48 bits per heavy atom. The molecular weight excluding hydrogens is 378 g/mol. The first-order valence-corrected chi connectivity index (χ1v) is 9.36. The van der Waals surface area contributed by atoms with E-state index in [4.69, 9.17) is 9.97 Å². The number of hydrogen-bond donors (Lipinski definition) is 1. The molecule has 2 bridgehead atoms. The molecule has 1 heterocycles. The highest BCUT2D eigenvalue weighted by Gasteiger charge is 2.39. The van der Waals surface area contributed by atoms with Gasteiger partial charge < -0.3 is 5.32 Å². The minimum Gasteiger partial charge on any atom is -0.321 e. The van der Waals surface area contributed by atoms with Crippen LogP contribution in [0.1, 0.15) is 52.8 Å². The van der Waals surface area contributed by atoms with Gasteiger partial charge in [-0.1, -0.05) is 12.1 Å². The summed E-state index contributed by atoms with van der Waals surface area (Å²) in [5.74, 6) is 1.02. The Labute approximate surface area is 153 Å². The largest absolute Gasteiger partial charge is 0.321 e. The molecule has 2 unspecified atom stereocenters. The number of para-hydroxylation sites is 1. The van der Waals surface area contributed by atoms with E-state index in [0.29, 0.717) is 17.4 Å². The first-order valence-electron chi connectivity index (χ1n) is 8.56. The summed E-state index contributed by atoms with van der Waals surface area (Å²) in [5.41, 5.74) is 5.39. The maximum atomic E-state index is 12.6. The second-order valence-electron chi connectivity index (χ2n) is 6.84. The maximum Gasteiger partial charge on any atom is 0.255 e. The number of halogens is 1. The lowest BCUT2D eigenvalue weighted by Crippen LogP contribution is -2.12. The summed E-state index contributed by atoms with van der Waals surface area (Å²) in [7, 11) is 0. The first kappa shape index (κ1) is 15.0. The van der Waals surface area contributed by atoms with Gasteiger partial charge in [0, 0.05) is 21.9 Å². The normalized spacial score (nSPS) is 20.7. The highest BCUT2D eigenvalue weighted by Crippen LogP contribution is 2.51. The van der Waals surface area contributed by atoms with E-state index < -0.39 is 0 Å². The number of nitrogens with zero attached hydrogens (tertiary/aromatic N) is 2. The lowest BCUT2D eigenvalue weighted by atomic mass is 10.00. The Morgan fingerprint density at radius 2 is 1.72 bits per heavy atom. The average Bonchev–Trinajstić information content (AvgIpc) is 3.23. The number of aromatic nitrogens is 2. The van der Waals surface area contributed by atoms with Crippen LogP contribution in [-0.4, -0.2) is 15.9 Å². The number of carbonyl (C=O) groups is 1. The lowest BCUT2D eigenvalue weighted by Gasteiger charge is -2.14. The van der Waals surface area contributed by atoms with E-state index in [2.05, 4.69) is 21.2 Å². The molecule has 2 aliphatic rings. The molecule has 1 saturated carbocycles. The fourth-order valence-electron chi connectivity index (χ4n) is 4.06. The van der Waals surface area contributed by atoms with E-state index in [1.807, 2.05) is 42.5 Å². The summed E-state index contributed by atoms with van der Waals surface area (Å²) < 4.78 is 0.859. The van der Waals surface area contributed by atoms with Gasteiger partial charge in [0.2, 0.25) is 0 Å². The number of benzene rings is 2. The van der Waals surface area contributed by atoms with Crippen molar-refractivity contribution in [2.45, 2.75) is 31.1 Å². The van der Waals surface area contributed by atoms with Gasteiger partial charge in [0.15, 0.2) is 0 Å². The number of rotatable bonds is 2. The first-order chi connectivity index (χ1) is 12.2. The molecule has 1 aromatic heterocycles. The average molecular weight is 394 g/mol. The van der Waals surface area contributed by atoms with Gasteiger partial charge in [-0.25, -0.2) is 9.97 Å². The van der Waals surface area contributed by atoms with Gasteiger partial charge in [0.1, 0.15) is 0 Å². The van der Waals surface area contributed by atoms with Crippen LogP contribution in [0.5, 0.6) is 0 Å². The van der Waals surface area contributed by atoms with E-state index in [0.717, 1.165) is 26.9 Å². The standard InChI is InChI=1S/C20H16BrN3O/c21-14-3-1-2-4-15(14)24-20(25)13-7-8-16-17(10-13)23-19-12-6-5-11(9-12)18(19)22-16/h1-4,7-8,10-12H,5-6,9H2,(H,24,25). The molecule has 4 nitrogen and oxygen atoms in total. The van der Waals surface area contributed by atoms with Crippen LogP contribution < -0.4 is 5.32 Å². The minimum absolute atomic E-state index is 0.141. The number of amides is 1. The summed E-state index contributed by atoms with van der Waals surface area (Å²) >= 11 is 3.45. The van der Waals surface area contributed by atoms with Crippen LogP contribution in [0, 0.1) is 0 Å². The van der Waals surface area contributed by atoms with Crippen molar-refractivity contribution in [2.75, 3.05) is 5.32 Å². The smallest absolute Gasteiger partial charge is 0.255 e. The van der Waals surface area contributed by atoms with Crippen molar-refractivity contribution >= 4 is 38.6 Å². The highest BCUT2D eigenvalue weighted by atomic mass is 79.9. The van der Waals surface area contributed by atoms with Crippen LogP contribution in [0.2, 0.25) is 0 Å². The van der Waals surface area contributed by atoms with Crippen LogP contribution in [0.15, 0.2) is 46.9 Å². The maximum absolute atomic E-state index is 12.6. The lowest BCUT2D eigenvalue weighted by molar-refractivity contribution is 0.102. The summed E-state index contributed by atoms with van der Waals surface area (Å²) in [6.07, 6.45) is 3.66. The second kappa shape index (κ2) is 5.63. The van der Waals surface area contributed by atoms with Gasteiger partial charge in [-0.15, -0.1) is 0 Å². The summed E-state index contributed by atoms with van der Waals surface area (Å²) in [6.45, 7) is 0. The molecule has 5 rings (SSSR count). The summed E-state index contributed by atoms with van der Waals surface area (Å²) in [6, 6.07) is 13.2. The molecule has 0 radical (unpaired) electrons. The van der Waals surface area contributed by atoms with Gasteiger partial charge in [-0.3, -0.25) is 4.79 Å². The van der Waals surface area contributed by atoms with E-state index in [1.165, 1.54) is 25.0 Å². The molecule has 124 valence electrons. The molecule has 0 spiro atoms. The third-order valence-electron chi connectivity index (χ3n) is 5.31. The molecule has 5 heteroatoms. The van der Waals surface area contributed by atoms with Crippen molar-refractivity contribution < 1.29 is 4.79 Å². The second-order valence-corrected chi connectivity index (χ2v) is 7.69. The van der Waals surface area contributed by atoms with Gasteiger partial charge in [0.25, 0.3) is 5.91 Å². The zero-order chi connectivity index (χ0) is 17.0. The summed E-state index contributed by atoms with van der Waals surface area (Å²) in [5, 5.41) is 2.94. The van der Waals surface area contributed by atoms with Crippen molar-refractivity contribution in [2.24, 2.45) is 0 Å². The molecule has 25 heavy (non-hydrogen) atoms. The van der Waals surface area contributed by atoms with Gasteiger partial charge in [-0.05, 0) is 65.5 Å². The number of anilines is 1. The van der Waals surface area contributed by atoms with E-state index in [1.54, 1.807) is 0 Å². The fourth-order valence-corrected chi connectivity index (χ4v) is 4.44. The van der Waals surface area contributed by atoms with Crippen LogP contribution in [-0.2, 0) is 0 Å². The Kier molecular flexibility index (Phi) is 3.38. The zero-order valence-electron chi connectivity index (χ0n) is 13.5. The SMILES string of the molecule is O=C(Nc1ccccc1Br)c1ccc2nc3c(nc2c1)C1CCC3C1. The number of nitrogens with one attached hydrogen (secondary N) is 1. The molecule has 1 fully saturated rings. The summed E-state index contributed by atoms with van der Waals surface area (Å²) in [4.78, 5) is 22.3. The molecule has 2 aromatic carbocycles. The molecule has 1 N–H and O–H groups in total. The van der Waals surface area contributed by atoms with Crippen LogP contribution >= 0.6 is 15.9 Å². The van der Waals surface area contributed by atoms with E-state index >= 15 is 0 Å². The monoisotopic (exact) mass is 393 g/mol. The quantitative estimate of drug-likeness (QED) is 0.665. The predicted molar refractivity (Wildman–Crippen MR) is 101 cm³/mol. The molecule has 2 aliphatic carbocycles. The van der Waals surface area contributed by atoms with Crippen LogP contribution in [0.25, 0.3) is 11.0 Å². The Balaban J connectivity index is 1.50. The van der Waals surface area contributed by atoms with Gasteiger partial charge in [0.05, 0.1) is 28.1 Å². The third kappa shape index (κ3) is 2.45. The Bertz CT molecular complexity index is 1020. The van der Waals surface area contributed by atoms with Crippen molar-refractivity contribution in [1.29, 1.82) is 0 Å². The van der Waals surface area contributed by atoms with Gasteiger partial charge in [-0.2, -0.15) is 0 Å². The molecule has 3 aromatic rings. The molecular formula is C20H16BrN3O. The zero-order valence-corrected chi connectivity index (χ0v) is 15.1. The molecule has 2 atom stereocenters. The highest BCUT2D eigenvalue weighted by molar-refractivity contribution is 9.10. The molecule has 1 amide bonds. The molecule has 0 aliphatic heterocycles. The van der Waals surface area contributed by atoms with Crippen molar-refractivity contribution in [3.05, 3.63) is 63.9 Å². The Morgan fingerprint density at radius 1 is 1.00 bits per heavy atom. The van der Waals surface area contributed by atoms with Crippen LogP contribution in [0.4, 0.5) is 5.69 Å². The van der Waals surface area contributed by atoms with E-state index in [9.17, 15) is 4.79 Å². The number of carbonyl (C=O) groups excluding carboxylic acids is 1. The number of hydrogen-bond acceptors (Lipinski definition) is 3. The predicted octanol–water partition coefficient (Wildman–Crippen LogP) is 5.01. The van der Waals surface area contributed by atoms with E-state index in [-0.39, 0.29) is 5.91 Å². The number of fused-ring (bicyclic) bond motifs is 6. The van der Waals surface area contributed by atoms with Crippen molar-refractivity contribution in [1.82, 2.24) is 9.97 Å². The third-order valence-corrected chi connectivity index (χ3v) is 6.00. The Hall–Kier alpha value is -2.27. The fraction of sp³-hybridized carbons (Fsp3) is 0.250. The van der Waals surface area contributed by atoms with Gasteiger partial charge >= 0.3 is 0 Å². The van der Waals surface area contributed by atoms with Crippen molar-refractivity contribution in [3.8, 4) is 0 Å². The topological polar surface area (TPSA) is 54.9 Å². The minimum atomic E-state index is -0.141.